The first-order valence-electron chi connectivity index (χ1n) is 5.48. The van der Waals surface area contributed by atoms with Gasteiger partial charge in [0.1, 0.15) is 0 Å². The smallest absolute Gasteiger partial charge is 0.222 e. The Morgan fingerprint density at radius 1 is 1.56 bits per heavy atom. The zero-order chi connectivity index (χ0) is 12.0. The molecule has 1 heterocycles. The van der Waals surface area contributed by atoms with Crippen molar-refractivity contribution in [3.8, 4) is 0 Å². The Bertz CT molecular complexity index is 332. The van der Waals surface area contributed by atoms with E-state index in [2.05, 4.69) is 10.4 Å². The summed E-state index contributed by atoms with van der Waals surface area (Å²) in [6.07, 6.45) is 5.31. The van der Waals surface area contributed by atoms with Crippen LogP contribution < -0.4 is 5.32 Å². The van der Waals surface area contributed by atoms with Gasteiger partial charge in [0.2, 0.25) is 5.91 Å². The molecule has 1 rings (SSSR count). The fourth-order valence-electron chi connectivity index (χ4n) is 1.38. The number of nitrogens with one attached hydrogen (secondary N) is 1. The van der Waals surface area contributed by atoms with E-state index in [1.165, 1.54) is 5.56 Å². The predicted octanol–water partition coefficient (Wildman–Crippen LogP) is 0.378. The van der Waals surface area contributed by atoms with Gasteiger partial charge in [-0.2, -0.15) is 5.10 Å². The molecule has 0 radical (unpaired) electrons. The van der Waals surface area contributed by atoms with Crippen LogP contribution in [0.1, 0.15) is 18.4 Å². The van der Waals surface area contributed by atoms with Crippen molar-refractivity contribution in [2.75, 3.05) is 20.6 Å². The maximum atomic E-state index is 11.3. The highest BCUT2D eigenvalue weighted by Gasteiger charge is 2.02. The second kappa shape index (κ2) is 6.27. The average molecular weight is 224 g/mol. The van der Waals surface area contributed by atoms with Gasteiger partial charge in [0.05, 0.1) is 6.20 Å². The Morgan fingerprint density at radius 2 is 2.31 bits per heavy atom. The minimum absolute atomic E-state index is 0.183. The van der Waals surface area contributed by atoms with Crippen molar-refractivity contribution in [3.05, 3.63) is 18.0 Å². The van der Waals surface area contributed by atoms with Gasteiger partial charge in [-0.05, 0) is 13.0 Å². The van der Waals surface area contributed by atoms with E-state index in [4.69, 9.17) is 0 Å². The largest absolute Gasteiger partial charge is 0.349 e. The van der Waals surface area contributed by atoms with Crippen LogP contribution in [0.25, 0.3) is 0 Å². The molecular formula is C11H20N4O. The molecule has 0 aliphatic carbocycles. The van der Waals surface area contributed by atoms with Gasteiger partial charge in [-0.25, -0.2) is 0 Å². The molecule has 1 aromatic heterocycles. The standard InChI is InChI=1S/C11H20N4O/c1-14(2)11(16)5-4-6-12-7-10-8-13-15(3)9-10/h8-9,12H,4-7H2,1-3H3. The monoisotopic (exact) mass is 224 g/mol. The Labute approximate surface area is 96.4 Å². The average Bonchev–Trinajstić information content (AvgIpc) is 2.63. The number of carbonyl (C=O) groups excluding carboxylic acids is 1. The Kier molecular flexibility index (Phi) is 4.98. The van der Waals surface area contributed by atoms with Crippen LogP contribution >= 0.6 is 0 Å². The lowest BCUT2D eigenvalue weighted by Crippen LogP contribution is -2.23. The summed E-state index contributed by atoms with van der Waals surface area (Å²) in [6, 6.07) is 0. The number of rotatable bonds is 6. The van der Waals surface area contributed by atoms with Crippen molar-refractivity contribution in [2.24, 2.45) is 7.05 Å². The van der Waals surface area contributed by atoms with E-state index in [1.54, 1.807) is 23.7 Å². The van der Waals surface area contributed by atoms with Crippen molar-refractivity contribution in [2.45, 2.75) is 19.4 Å². The summed E-state index contributed by atoms with van der Waals surface area (Å²) in [5.74, 6) is 0.183. The third-order valence-corrected chi connectivity index (χ3v) is 2.33. The van der Waals surface area contributed by atoms with Gasteiger partial charge in [0.25, 0.3) is 0 Å². The molecule has 5 heteroatoms. The lowest BCUT2D eigenvalue weighted by Gasteiger charge is -2.09. The van der Waals surface area contributed by atoms with E-state index in [1.807, 2.05) is 19.4 Å². The Hall–Kier alpha value is -1.36. The normalized spacial score (nSPS) is 10.4. The minimum atomic E-state index is 0.183. The van der Waals surface area contributed by atoms with Crippen LogP contribution in [-0.2, 0) is 18.4 Å². The quantitative estimate of drug-likeness (QED) is 0.711. The fraction of sp³-hybridized carbons (Fsp3) is 0.636. The molecule has 5 nitrogen and oxygen atoms in total. The SMILES string of the molecule is CN(C)C(=O)CCCNCc1cnn(C)c1. The van der Waals surface area contributed by atoms with E-state index in [0.717, 1.165) is 19.5 Å². The zero-order valence-electron chi connectivity index (χ0n) is 10.2. The molecule has 0 saturated heterocycles. The molecule has 0 atom stereocenters. The van der Waals surface area contributed by atoms with Gasteiger partial charge in [0.15, 0.2) is 0 Å². The number of aryl methyl sites for hydroxylation is 1. The van der Waals surface area contributed by atoms with Crippen molar-refractivity contribution in [3.63, 3.8) is 0 Å². The van der Waals surface area contributed by atoms with Crippen LogP contribution in [0.3, 0.4) is 0 Å². The van der Waals surface area contributed by atoms with Gasteiger partial charge >= 0.3 is 0 Å². The summed E-state index contributed by atoms with van der Waals surface area (Å²) < 4.78 is 1.78. The third-order valence-electron chi connectivity index (χ3n) is 2.33. The van der Waals surface area contributed by atoms with Crippen LogP contribution in [0.2, 0.25) is 0 Å². The maximum absolute atomic E-state index is 11.3. The second-order valence-corrected chi connectivity index (χ2v) is 4.09. The molecule has 1 N–H and O–H groups in total. The van der Waals surface area contributed by atoms with Crippen LogP contribution in [0, 0.1) is 0 Å². The first-order chi connectivity index (χ1) is 7.59. The molecule has 0 aromatic carbocycles. The molecule has 0 saturated carbocycles. The molecule has 1 amide bonds. The lowest BCUT2D eigenvalue weighted by molar-refractivity contribution is -0.128. The highest BCUT2D eigenvalue weighted by Crippen LogP contribution is 1.96. The molecule has 16 heavy (non-hydrogen) atoms. The van der Waals surface area contributed by atoms with Gasteiger partial charge in [-0.15, -0.1) is 0 Å². The Balaban J connectivity index is 2.06. The van der Waals surface area contributed by atoms with Crippen molar-refractivity contribution < 1.29 is 4.79 Å². The highest BCUT2D eigenvalue weighted by atomic mass is 16.2. The maximum Gasteiger partial charge on any atom is 0.222 e. The van der Waals surface area contributed by atoms with Gasteiger partial charge in [-0.1, -0.05) is 0 Å². The topological polar surface area (TPSA) is 50.2 Å². The van der Waals surface area contributed by atoms with Crippen molar-refractivity contribution in [1.82, 2.24) is 20.0 Å². The van der Waals surface area contributed by atoms with Crippen LogP contribution in [0.15, 0.2) is 12.4 Å². The summed E-state index contributed by atoms with van der Waals surface area (Å²) in [5.41, 5.74) is 1.17. The first-order valence-corrected chi connectivity index (χ1v) is 5.48. The highest BCUT2D eigenvalue weighted by molar-refractivity contribution is 5.75. The molecular weight excluding hydrogens is 204 g/mol. The van der Waals surface area contributed by atoms with E-state index in [-0.39, 0.29) is 5.91 Å². The molecule has 0 unspecified atom stereocenters. The minimum Gasteiger partial charge on any atom is -0.349 e. The zero-order valence-corrected chi connectivity index (χ0v) is 10.2. The summed E-state index contributed by atoms with van der Waals surface area (Å²) in [6.45, 7) is 1.67. The van der Waals surface area contributed by atoms with E-state index in [9.17, 15) is 4.79 Å². The first kappa shape index (κ1) is 12.7. The number of nitrogens with zero attached hydrogens (tertiary/aromatic N) is 3. The number of amides is 1. The summed E-state index contributed by atoms with van der Waals surface area (Å²) >= 11 is 0. The molecule has 90 valence electrons. The summed E-state index contributed by atoms with van der Waals surface area (Å²) in [4.78, 5) is 12.9. The van der Waals surface area contributed by atoms with Crippen LogP contribution in [-0.4, -0.2) is 41.2 Å². The number of carbonyl (C=O) groups is 1. The number of hydrogen-bond donors (Lipinski definition) is 1. The fourth-order valence-corrected chi connectivity index (χ4v) is 1.38. The number of aromatic nitrogens is 2. The summed E-state index contributed by atoms with van der Waals surface area (Å²) in [7, 11) is 5.47. The molecule has 0 aliphatic heterocycles. The third kappa shape index (κ3) is 4.44. The predicted molar refractivity (Wildman–Crippen MR) is 62.8 cm³/mol. The van der Waals surface area contributed by atoms with Crippen LogP contribution in [0.4, 0.5) is 0 Å². The molecule has 0 spiro atoms. The number of hydrogen-bond acceptors (Lipinski definition) is 3. The summed E-state index contributed by atoms with van der Waals surface area (Å²) in [5, 5.41) is 7.37. The second-order valence-electron chi connectivity index (χ2n) is 4.09. The molecule has 0 fully saturated rings. The van der Waals surface area contributed by atoms with E-state index < -0.39 is 0 Å². The van der Waals surface area contributed by atoms with E-state index >= 15 is 0 Å². The molecule has 0 bridgehead atoms. The Morgan fingerprint density at radius 3 is 2.88 bits per heavy atom. The van der Waals surface area contributed by atoms with Gasteiger partial charge < -0.3 is 10.2 Å². The molecule has 1 aromatic rings. The van der Waals surface area contributed by atoms with Crippen molar-refractivity contribution >= 4 is 5.91 Å². The lowest BCUT2D eigenvalue weighted by atomic mass is 10.2. The van der Waals surface area contributed by atoms with Gasteiger partial charge in [-0.3, -0.25) is 9.48 Å². The van der Waals surface area contributed by atoms with Crippen molar-refractivity contribution in [1.29, 1.82) is 0 Å². The van der Waals surface area contributed by atoms with Gasteiger partial charge in [0, 0.05) is 45.9 Å². The van der Waals surface area contributed by atoms with Crippen LogP contribution in [0.5, 0.6) is 0 Å². The van der Waals surface area contributed by atoms with E-state index in [0.29, 0.717) is 6.42 Å². The molecule has 0 aliphatic rings.